The Morgan fingerprint density at radius 3 is 2.90 bits per heavy atom. The number of nitrogens with zero attached hydrogens (tertiary/aromatic N) is 1. The summed E-state index contributed by atoms with van der Waals surface area (Å²) in [4.78, 5) is 2.09. The molecule has 0 bridgehead atoms. The van der Waals surface area contributed by atoms with E-state index >= 15 is 0 Å². The lowest BCUT2D eigenvalue weighted by Gasteiger charge is -2.10. The van der Waals surface area contributed by atoms with Crippen LogP contribution >= 0.6 is 0 Å². The second kappa shape index (κ2) is 3.25. The summed E-state index contributed by atoms with van der Waals surface area (Å²) in [6, 6.07) is 0. The molecule has 54 valence electrons. The van der Waals surface area contributed by atoms with Crippen LogP contribution in [0.3, 0.4) is 0 Å². The topological polar surface area (TPSA) is 3.24 Å². The summed E-state index contributed by atoms with van der Waals surface area (Å²) in [5.41, 5.74) is 0. The van der Waals surface area contributed by atoms with Crippen molar-refractivity contribution in [3.8, 4) is 0 Å². The Bertz CT molecular complexity index is 158. The van der Waals surface area contributed by atoms with Gasteiger partial charge in [-0.15, -0.1) is 6.58 Å². The number of hydrogen-bond donors (Lipinski definition) is 0. The zero-order valence-corrected chi connectivity index (χ0v) is 6.16. The van der Waals surface area contributed by atoms with Crippen LogP contribution in [0.2, 0.25) is 0 Å². The molecule has 0 aromatic rings. The highest BCUT2D eigenvalue weighted by Gasteiger charge is 2.10. The molecule has 1 atom stereocenters. The van der Waals surface area contributed by atoms with Gasteiger partial charge in [-0.1, -0.05) is 18.7 Å². The van der Waals surface area contributed by atoms with Crippen LogP contribution in [0.25, 0.3) is 0 Å². The Hall–Kier alpha value is -0.980. The first kappa shape index (κ1) is 7.13. The Morgan fingerprint density at radius 2 is 2.40 bits per heavy atom. The summed E-state index contributed by atoms with van der Waals surface area (Å²) in [5.74, 6) is 0.649. The first-order valence-corrected chi connectivity index (χ1v) is 3.54. The fourth-order valence-corrected chi connectivity index (χ4v) is 1.13. The fourth-order valence-electron chi connectivity index (χ4n) is 1.13. The van der Waals surface area contributed by atoms with E-state index in [1.54, 1.807) is 0 Å². The number of rotatable bonds is 3. The van der Waals surface area contributed by atoms with Crippen LogP contribution < -0.4 is 0 Å². The molecule has 0 spiro atoms. The van der Waals surface area contributed by atoms with Crippen molar-refractivity contribution < 1.29 is 0 Å². The van der Waals surface area contributed by atoms with Crippen molar-refractivity contribution in [1.82, 2.24) is 4.90 Å². The maximum absolute atomic E-state index is 3.70. The smallest absolute Gasteiger partial charge is 0.0285 e. The fraction of sp³-hybridized carbons (Fsp3) is 0.333. The third-order valence-electron chi connectivity index (χ3n) is 1.70. The molecule has 1 nitrogen and oxygen atoms in total. The third-order valence-corrected chi connectivity index (χ3v) is 1.70. The van der Waals surface area contributed by atoms with Gasteiger partial charge < -0.3 is 4.90 Å². The minimum absolute atomic E-state index is 0.649. The van der Waals surface area contributed by atoms with Crippen LogP contribution in [0.15, 0.2) is 37.7 Å². The Balaban J connectivity index is 2.36. The van der Waals surface area contributed by atoms with E-state index in [4.69, 9.17) is 0 Å². The molecule has 0 N–H and O–H groups in total. The van der Waals surface area contributed by atoms with Crippen LogP contribution in [0, 0.1) is 5.92 Å². The summed E-state index contributed by atoms with van der Waals surface area (Å²) >= 11 is 0. The minimum Gasteiger partial charge on any atom is -0.355 e. The molecule has 0 aromatic heterocycles. The van der Waals surface area contributed by atoms with Crippen LogP contribution in [0.4, 0.5) is 0 Å². The lowest BCUT2D eigenvalue weighted by molar-refractivity contribution is 0.479. The molecule has 1 heteroatoms. The van der Waals surface area contributed by atoms with Crippen LogP contribution in [0.5, 0.6) is 0 Å². The van der Waals surface area contributed by atoms with Gasteiger partial charge in [-0.3, -0.25) is 0 Å². The van der Waals surface area contributed by atoms with E-state index < -0.39 is 0 Å². The van der Waals surface area contributed by atoms with Gasteiger partial charge in [-0.25, -0.2) is 0 Å². The molecule has 1 rings (SSSR count). The molecular weight excluding hydrogens is 122 g/mol. The van der Waals surface area contributed by atoms with Gasteiger partial charge in [-0.2, -0.15) is 0 Å². The Labute approximate surface area is 62.3 Å². The van der Waals surface area contributed by atoms with Crippen molar-refractivity contribution >= 4 is 0 Å². The zero-order valence-electron chi connectivity index (χ0n) is 6.16. The summed E-state index contributed by atoms with van der Waals surface area (Å²) in [5, 5.41) is 0. The van der Waals surface area contributed by atoms with Crippen molar-refractivity contribution in [2.45, 2.75) is 6.42 Å². The average molecular weight is 135 g/mol. The highest BCUT2D eigenvalue weighted by atomic mass is 15.1. The molecule has 0 saturated heterocycles. The van der Waals surface area contributed by atoms with Gasteiger partial charge in [0, 0.05) is 6.54 Å². The summed E-state index contributed by atoms with van der Waals surface area (Å²) in [6.45, 7) is 8.45. The summed E-state index contributed by atoms with van der Waals surface area (Å²) < 4.78 is 0. The Kier molecular flexibility index (Phi) is 2.32. The highest BCUT2D eigenvalue weighted by molar-refractivity contribution is 5.02. The first-order chi connectivity index (χ1) is 4.86. The van der Waals surface area contributed by atoms with Crippen molar-refractivity contribution in [2.24, 2.45) is 5.92 Å². The van der Waals surface area contributed by atoms with E-state index in [1.165, 1.54) is 0 Å². The van der Waals surface area contributed by atoms with Crippen LogP contribution in [-0.2, 0) is 0 Å². The molecule has 1 aliphatic rings. The lowest BCUT2D eigenvalue weighted by Crippen LogP contribution is -2.10. The predicted octanol–water partition coefficient (Wildman–Crippen LogP) is 2.15. The molecule has 0 radical (unpaired) electrons. The van der Waals surface area contributed by atoms with Gasteiger partial charge in [0.25, 0.3) is 0 Å². The second-order valence-corrected chi connectivity index (χ2v) is 2.51. The van der Waals surface area contributed by atoms with Crippen LogP contribution in [0.1, 0.15) is 6.42 Å². The monoisotopic (exact) mass is 135 g/mol. The van der Waals surface area contributed by atoms with E-state index in [-0.39, 0.29) is 0 Å². The van der Waals surface area contributed by atoms with Gasteiger partial charge in [0.1, 0.15) is 0 Å². The molecule has 0 aliphatic carbocycles. The van der Waals surface area contributed by atoms with Gasteiger partial charge in [0.15, 0.2) is 0 Å². The van der Waals surface area contributed by atoms with Gasteiger partial charge in [0.05, 0.1) is 0 Å². The standard InChI is InChI=1S/C9H13N/c1-3-5-9-6-7-10(4-2)8-9/h3-4,6-7,9H,1-2,5,8H2. The maximum atomic E-state index is 3.70. The maximum Gasteiger partial charge on any atom is 0.0285 e. The molecular formula is C9H13N. The second-order valence-electron chi connectivity index (χ2n) is 2.51. The largest absolute Gasteiger partial charge is 0.355 e. The summed E-state index contributed by atoms with van der Waals surface area (Å²) in [7, 11) is 0. The first-order valence-electron chi connectivity index (χ1n) is 3.54. The van der Waals surface area contributed by atoms with Crippen molar-refractivity contribution in [3.05, 3.63) is 37.7 Å². The van der Waals surface area contributed by atoms with Crippen molar-refractivity contribution in [2.75, 3.05) is 6.54 Å². The van der Waals surface area contributed by atoms with Gasteiger partial charge >= 0.3 is 0 Å². The predicted molar refractivity (Wildman–Crippen MR) is 44.3 cm³/mol. The molecule has 0 fully saturated rings. The van der Waals surface area contributed by atoms with E-state index in [1.807, 2.05) is 12.3 Å². The third kappa shape index (κ3) is 1.50. The molecule has 0 amide bonds. The van der Waals surface area contributed by atoms with Gasteiger partial charge in [-0.05, 0) is 24.7 Å². The number of allylic oxidation sites excluding steroid dienone is 1. The molecule has 1 aliphatic heterocycles. The highest BCUT2D eigenvalue weighted by Crippen LogP contribution is 2.15. The lowest BCUT2D eigenvalue weighted by atomic mass is 10.1. The molecule has 0 aromatic carbocycles. The quantitative estimate of drug-likeness (QED) is 0.536. The SMILES string of the molecule is C=CCC1C=CN(C=C)C1. The van der Waals surface area contributed by atoms with Gasteiger partial charge in [0.2, 0.25) is 0 Å². The van der Waals surface area contributed by atoms with Crippen LogP contribution in [-0.4, -0.2) is 11.4 Å². The normalized spacial score (nSPS) is 23.2. The zero-order chi connectivity index (χ0) is 7.40. The molecule has 1 heterocycles. The van der Waals surface area contributed by atoms with E-state index in [2.05, 4.69) is 30.3 Å². The minimum atomic E-state index is 0.649. The summed E-state index contributed by atoms with van der Waals surface area (Å²) in [6.07, 6.45) is 9.15. The number of hydrogen-bond acceptors (Lipinski definition) is 1. The molecule has 10 heavy (non-hydrogen) atoms. The van der Waals surface area contributed by atoms with E-state index in [0.29, 0.717) is 5.92 Å². The molecule has 0 saturated carbocycles. The van der Waals surface area contributed by atoms with E-state index in [9.17, 15) is 0 Å². The molecule has 1 unspecified atom stereocenters. The van der Waals surface area contributed by atoms with Crippen molar-refractivity contribution in [1.29, 1.82) is 0 Å². The van der Waals surface area contributed by atoms with Crippen molar-refractivity contribution in [3.63, 3.8) is 0 Å². The Morgan fingerprint density at radius 1 is 1.60 bits per heavy atom. The average Bonchev–Trinajstić information content (AvgIpc) is 2.37. The van der Waals surface area contributed by atoms with E-state index in [0.717, 1.165) is 13.0 Å².